The van der Waals surface area contributed by atoms with Gasteiger partial charge in [0.25, 0.3) is 0 Å². The zero-order valence-electron chi connectivity index (χ0n) is 12.2. The second kappa shape index (κ2) is 6.67. The fourth-order valence-corrected chi connectivity index (χ4v) is 3.97. The summed E-state index contributed by atoms with van der Waals surface area (Å²) < 4.78 is 5.92. The quantitative estimate of drug-likeness (QED) is 0.741. The monoisotopic (exact) mass is 280 g/mol. The van der Waals surface area contributed by atoms with Gasteiger partial charge in [0.1, 0.15) is 6.61 Å². The summed E-state index contributed by atoms with van der Waals surface area (Å²) in [7, 11) is 0. The molecule has 2 rings (SSSR count). The maximum atomic E-state index is 12.2. The summed E-state index contributed by atoms with van der Waals surface area (Å²) in [5.41, 5.74) is 0.853. The standard InChI is InChI=1S/C16H24O2S/c1-4-13-7-5-6-8-16(13)18-10-15(17)14-9-11(2)19-12(14)3/h9,13,16H,4-8,10H2,1-3H3. The van der Waals surface area contributed by atoms with Crippen LogP contribution in [0.15, 0.2) is 6.07 Å². The molecule has 2 unspecified atom stereocenters. The van der Waals surface area contributed by atoms with Crippen molar-refractivity contribution in [3.63, 3.8) is 0 Å². The Morgan fingerprint density at radius 3 is 2.74 bits per heavy atom. The Hall–Kier alpha value is -0.670. The van der Waals surface area contributed by atoms with Gasteiger partial charge in [-0.25, -0.2) is 0 Å². The van der Waals surface area contributed by atoms with Crippen LogP contribution >= 0.6 is 11.3 Å². The van der Waals surface area contributed by atoms with Crippen molar-refractivity contribution in [2.24, 2.45) is 5.92 Å². The second-order valence-corrected chi connectivity index (χ2v) is 7.01. The van der Waals surface area contributed by atoms with Gasteiger partial charge in [-0.2, -0.15) is 0 Å². The van der Waals surface area contributed by atoms with Crippen molar-refractivity contribution in [3.8, 4) is 0 Å². The van der Waals surface area contributed by atoms with Gasteiger partial charge in [0.05, 0.1) is 6.10 Å². The van der Waals surface area contributed by atoms with Crippen LogP contribution in [0.4, 0.5) is 0 Å². The molecule has 0 saturated heterocycles. The Morgan fingerprint density at radius 2 is 2.11 bits per heavy atom. The lowest BCUT2D eigenvalue weighted by atomic mass is 9.85. The molecule has 0 N–H and O–H groups in total. The first-order valence-electron chi connectivity index (χ1n) is 7.33. The molecule has 1 aromatic rings. The van der Waals surface area contributed by atoms with Crippen LogP contribution in [0.3, 0.4) is 0 Å². The van der Waals surface area contributed by atoms with E-state index in [1.807, 2.05) is 19.9 Å². The van der Waals surface area contributed by atoms with Crippen LogP contribution in [0.5, 0.6) is 0 Å². The van der Waals surface area contributed by atoms with E-state index in [1.54, 1.807) is 11.3 Å². The average Bonchev–Trinajstić information content (AvgIpc) is 2.75. The molecule has 1 fully saturated rings. The van der Waals surface area contributed by atoms with Crippen LogP contribution in [0.2, 0.25) is 0 Å². The third kappa shape index (κ3) is 3.67. The van der Waals surface area contributed by atoms with Gasteiger partial charge in [0.2, 0.25) is 0 Å². The number of aryl methyl sites for hydroxylation is 2. The molecule has 3 heteroatoms. The molecule has 0 aromatic carbocycles. The van der Waals surface area contributed by atoms with Crippen molar-refractivity contribution in [3.05, 3.63) is 21.4 Å². The van der Waals surface area contributed by atoms with E-state index in [1.165, 1.54) is 24.1 Å². The molecule has 106 valence electrons. The topological polar surface area (TPSA) is 26.3 Å². The highest BCUT2D eigenvalue weighted by Crippen LogP contribution is 2.29. The third-order valence-electron chi connectivity index (χ3n) is 4.13. The molecule has 0 spiro atoms. The molecule has 0 radical (unpaired) electrons. The molecule has 1 aromatic heterocycles. The predicted molar refractivity (Wildman–Crippen MR) is 80.1 cm³/mol. The Balaban J connectivity index is 1.91. The largest absolute Gasteiger partial charge is 0.370 e. The molecule has 1 saturated carbocycles. The van der Waals surface area contributed by atoms with E-state index in [0.29, 0.717) is 12.0 Å². The van der Waals surface area contributed by atoms with Gasteiger partial charge in [-0.05, 0) is 38.7 Å². The minimum Gasteiger partial charge on any atom is -0.370 e. The highest BCUT2D eigenvalue weighted by molar-refractivity contribution is 7.12. The van der Waals surface area contributed by atoms with Gasteiger partial charge in [-0.3, -0.25) is 4.79 Å². The first-order valence-corrected chi connectivity index (χ1v) is 8.15. The lowest BCUT2D eigenvalue weighted by Crippen LogP contribution is -2.29. The summed E-state index contributed by atoms with van der Waals surface area (Å²) in [6, 6.07) is 1.99. The van der Waals surface area contributed by atoms with Gasteiger partial charge >= 0.3 is 0 Å². The number of carbonyl (C=O) groups is 1. The van der Waals surface area contributed by atoms with Gasteiger partial charge < -0.3 is 4.74 Å². The fraction of sp³-hybridized carbons (Fsp3) is 0.688. The maximum absolute atomic E-state index is 12.2. The lowest BCUT2D eigenvalue weighted by molar-refractivity contribution is -0.00570. The van der Waals surface area contributed by atoms with Gasteiger partial charge in [-0.15, -0.1) is 11.3 Å². The molecule has 0 aliphatic heterocycles. The molecule has 2 atom stereocenters. The summed E-state index contributed by atoms with van der Waals surface area (Å²) in [4.78, 5) is 14.5. The van der Waals surface area contributed by atoms with Crippen LogP contribution < -0.4 is 0 Å². The minimum absolute atomic E-state index is 0.141. The van der Waals surface area contributed by atoms with Crippen LogP contribution in [0.25, 0.3) is 0 Å². The van der Waals surface area contributed by atoms with E-state index in [2.05, 4.69) is 6.92 Å². The van der Waals surface area contributed by atoms with Gasteiger partial charge in [0.15, 0.2) is 5.78 Å². The zero-order chi connectivity index (χ0) is 13.8. The molecular weight excluding hydrogens is 256 g/mol. The molecule has 1 heterocycles. The molecule has 19 heavy (non-hydrogen) atoms. The molecular formula is C16H24O2S. The van der Waals surface area contributed by atoms with Gasteiger partial charge in [-0.1, -0.05) is 26.2 Å². The van der Waals surface area contributed by atoms with Crippen molar-refractivity contribution in [1.82, 2.24) is 0 Å². The van der Waals surface area contributed by atoms with Crippen LogP contribution in [0, 0.1) is 19.8 Å². The summed E-state index contributed by atoms with van der Waals surface area (Å²) in [5.74, 6) is 0.786. The van der Waals surface area contributed by atoms with E-state index < -0.39 is 0 Å². The maximum Gasteiger partial charge on any atom is 0.189 e. The number of hydrogen-bond donors (Lipinski definition) is 0. The van der Waals surface area contributed by atoms with Crippen LogP contribution in [0.1, 0.15) is 59.1 Å². The molecule has 1 aliphatic rings. The summed E-state index contributed by atoms with van der Waals surface area (Å²) in [5, 5.41) is 0. The first-order chi connectivity index (χ1) is 9.11. The number of ether oxygens (including phenoxy) is 1. The van der Waals surface area contributed by atoms with E-state index in [9.17, 15) is 4.79 Å². The number of ketones is 1. The normalized spacial score (nSPS) is 23.5. The Bertz CT molecular complexity index is 436. The fourth-order valence-electron chi connectivity index (χ4n) is 3.03. The van der Waals surface area contributed by atoms with Gasteiger partial charge in [0, 0.05) is 15.3 Å². The number of Topliss-reactive ketones (excluding diaryl/α,β-unsaturated/α-hetero) is 1. The van der Waals surface area contributed by atoms with Crippen molar-refractivity contribution >= 4 is 17.1 Å². The van der Waals surface area contributed by atoms with E-state index in [4.69, 9.17) is 4.74 Å². The summed E-state index contributed by atoms with van der Waals surface area (Å²) >= 11 is 1.69. The molecule has 0 amide bonds. The van der Waals surface area contributed by atoms with Crippen molar-refractivity contribution < 1.29 is 9.53 Å². The van der Waals surface area contributed by atoms with E-state index in [0.717, 1.165) is 23.3 Å². The number of thiophene rings is 1. The van der Waals surface area contributed by atoms with Crippen molar-refractivity contribution in [2.75, 3.05) is 6.61 Å². The Labute approximate surface area is 120 Å². The highest BCUT2D eigenvalue weighted by Gasteiger charge is 2.25. The average molecular weight is 280 g/mol. The number of hydrogen-bond acceptors (Lipinski definition) is 3. The second-order valence-electron chi connectivity index (χ2n) is 5.55. The molecule has 1 aliphatic carbocycles. The Kier molecular flexibility index (Phi) is 5.17. The lowest BCUT2D eigenvalue weighted by Gasteiger charge is -2.30. The SMILES string of the molecule is CCC1CCCCC1OCC(=O)c1cc(C)sc1C. The summed E-state index contributed by atoms with van der Waals surface area (Å²) in [6.07, 6.45) is 6.39. The van der Waals surface area contributed by atoms with E-state index in [-0.39, 0.29) is 12.4 Å². The zero-order valence-corrected chi connectivity index (χ0v) is 13.0. The van der Waals surface area contributed by atoms with Crippen LogP contribution in [-0.2, 0) is 4.74 Å². The van der Waals surface area contributed by atoms with Crippen molar-refractivity contribution in [1.29, 1.82) is 0 Å². The third-order valence-corrected chi connectivity index (χ3v) is 5.10. The summed E-state index contributed by atoms with van der Waals surface area (Å²) in [6.45, 7) is 6.53. The molecule has 0 bridgehead atoms. The van der Waals surface area contributed by atoms with Crippen LogP contribution in [-0.4, -0.2) is 18.5 Å². The van der Waals surface area contributed by atoms with Crippen molar-refractivity contribution in [2.45, 2.75) is 59.0 Å². The highest BCUT2D eigenvalue weighted by atomic mass is 32.1. The smallest absolute Gasteiger partial charge is 0.189 e. The molecule has 2 nitrogen and oxygen atoms in total. The van der Waals surface area contributed by atoms with E-state index >= 15 is 0 Å². The predicted octanol–water partition coefficient (Wildman–Crippen LogP) is 4.53. The minimum atomic E-state index is 0.141. The Morgan fingerprint density at radius 1 is 1.37 bits per heavy atom. The number of carbonyl (C=O) groups excluding carboxylic acids is 1. The number of rotatable bonds is 5. The first kappa shape index (κ1) is 14.7.